The van der Waals surface area contributed by atoms with Crippen molar-refractivity contribution >= 4 is 11.6 Å². The Morgan fingerprint density at radius 1 is 1.22 bits per heavy atom. The number of benzene rings is 2. The molecule has 1 atom stereocenters. The van der Waals surface area contributed by atoms with E-state index >= 15 is 0 Å². The Labute approximate surface area is 162 Å². The number of carbonyl (C=O) groups excluding carboxylic acids is 1. The number of carbonyl (C=O) groups is 1. The third-order valence-corrected chi connectivity index (χ3v) is 3.26. The molecular formula is C18H20NO3Y-. The van der Waals surface area contributed by atoms with Gasteiger partial charge >= 0.3 is 0 Å². The zero-order valence-electron chi connectivity index (χ0n) is 13.6. The Kier molecular flexibility index (Phi) is 7.39. The van der Waals surface area contributed by atoms with Crippen LogP contribution in [0.1, 0.15) is 18.1 Å². The van der Waals surface area contributed by atoms with Gasteiger partial charge < -0.3 is 15.2 Å². The number of aryl methyl sites for hydroxylation is 2. The average Bonchev–Trinajstić information content (AvgIpc) is 2.49. The van der Waals surface area contributed by atoms with E-state index in [2.05, 4.69) is 11.4 Å². The standard InChI is InChI=1S/C18H20NO3.Y/c1-13-4-8-15(9-5-13)19-17(20)18(3,21)12-22-16-10-6-14(2)7-11-16;/h4,6-11,21H,12H2,1-3H3,(H,19,20);/q-1;/t18-;/m0./s1. The van der Waals surface area contributed by atoms with Crippen molar-refractivity contribution in [2.45, 2.75) is 26.4 Å². The summed E-state index contributed by atoms with van der Waals surface area (Å²) in [4.78, 5) is 12.1. The molecule has 2 N–H and O–H groups in total. The largest absolute Gasteiger partial charge is 0.490 e. The van der Waals surface area contributed by atoms with Gasteiger partial charge in [-0.25, -0.2) is 0 Å². The fourth-order valence-corrected chi connectivity index (χ4v) is 1.77. The van der Waals surface area contributed by atoms with Gasteiger partial charge in [-0.3, -0.25) is 4.79 Å². The molecule has 1 radical (unpaired) electrons. The van der Waals surface area contributed by atoms with Crippen LogP contribution >= 0.6 is 0 Å². The van der Waals surface area contributed by atoms with Gasteiger partial charge in [-0.2, -0.15) is 23.8 Å². The third kappa shape index (κ3) is 6.06. The second-order valence-corrected chi connectivity index (χ2v) is 5.59. The molecule has 0 fully saturated rings. The van der Waals surface area contributed by atoms with Gasteiger partial charge in [0.1, 0.15) is 12.4 Å². The van der Waals surface area contributed by atoms with Crippen molar-refractivity contribution in [3.8, 4) is 5.75 Å². The van der Waals surface area contributed by atoms with Crippen LogP contribution in [0.15, 0.2) is 42.5 Å². The van der Waals surface area contributed by atoms with Crippen molar-refractivity contribution in [2.24, 2.45) is 0 Å². The number of amides is 1. The first-order chi connectivity index (χ1) is 10.4. The zero-order chi connectivity index (χ0) is 16.2. The molecule has 0 saturated carbocycles. The molecule has 0 saturated heterocycles. The van der Waals surface area contributed by atoms with Crippen molar-refractivity contribution in [1.29, 1.82) is 0 Å². The molecule has 5 heteroatoms. The number of hydrogen-bond donors (Lipinski definition) is 2. The molecule has 0 bridgehead atoms. The van der Waals surface area contributed by atoms with Crippen LogP contribution in [-0.4, -0.2) is 23.2 Å². The fourth-order valence-electron chi connectivity index (χ4n) is 1.77. The predicted molar refractivity (Wildman–Crippen MR) is 85.9 cm³/mol. The fraction of sp³-hybridized carbons (Fsp3) is 0.278. The second kappa shape index (κ2) is 8.58. The van der Waals surface area contributed by atoms with Gasteiger partial charge in [0.2, 0.25) is 5.91 Å². The first kappa shape index (κ1) is 19.8. The molecule has 0 aliphatic carbocycles. The van der Waals surface area contributed by atoms with Crippen LogP contribution in [0.2, 0.25) is 0 Å². The third-order valence-electron chi connectivity index (χ3n) is 3.26. The van der Waals surface area contributed by atoms with Gasteiger partial charge in [0.25, 0.3) is 0 Å². The van der Waals surface area contributed by atoms with Crippen molar-refractivity contribution in [3.63, 3.8) is 0 Å². The second-order valence-electron chi connectivity index (χ2n) is 5.59. The van der Waals surface area contributed by atoms with Crippen molar-refractivity contribution in [2.75, 3.05) is 11.9 Å². The minimum Gasteiger partial charge on any atom is -0.490 e. The van der Waals surface area contributed by atoms with E-state index in [4.69, 9.17) is 4.74 Å². The molecule has 1 amide bonds. The Morgan fingerprint density at radius 3 is 2.43 bits per heavy atom. The first-order valence-corrected chi connectivity index (χ1v) is 7.08. The maximum Gasteiger partial charge on any atom is 0.248 e. The van der Waals surface area contributed by atoms with E-state index in [0.717, 1.165) is 11.1 Å². The van der Waals surface area contributed by atoms with E-state index in [9.17, 15) is 9.90 Å². The summed E-state index contributed by atoms with van der Waals surface area (Å²) in [6.07, 6.45) is 0. The van der Waals surface area contributed by atoms with E-state index in [1.165, 1.54) is 6.92 Å². The van der Waals surface area contributed by atoms with Crippen LogP contribution in [-0.2, 0) is 37.5 Å². The van der Waals surface area contributed by atoms with E-state index < -0.39 is 11.5 Å². The summed E-state index contributed by atoms with van der Waals surface area (Å²) in [7, 11) is 0. The molecule has 0 spiro atoms. The maximum absolute atomic E-state index is 12.1. The number of rotatable bonds is 5. The van der Waals surface area contributed by atoms with Crippen LogP contribution in [0, 0.1) is 19.9 Å². The molecule has 119 valence electrons. The SMILES string of the molecule is Cc1[c-]cc(NC(=O)[C@@](C)(O)COc2ccc(C)cc2)cc1.[Y]. The molecule has 0 heterocycles. The molecule has 0 aromatic heterocycles. The molecule has 2 rings (SSSR count). The van der Waals surface area contributed by atoms with Gasteiger partial charge in [-0.05, 0) is 26.0 Å². The van der Waals surface area contributed by atoms with Gasteiger partial charge in [-0.1, -0.05) is 30.3 Å². The summed E-state index contributed by atoms with van der Waals surface area (Å²) in [5.41, 5.74) is 1.06. The number of ether oxygens (including phenoxy) is 1. The van der Waals surface area contributed by atoms with Crippen LogP contribution < -0.4 is 10.1 Å². The summed E-state index contributed by atoms with van der Waals surface area (Å²) in [6, 6.07) is 15.7. The van der Waals surface area contributed by atoms with Gasteiger partial charge in [0, 0.05) is 32.7 Å². The van der Waals surface area contributed by atoms with Crippen molar-refractivity contribution in [3.05, 3.63) is 59.7 Å². The quantitative estimate of drug-likeness (QED) is 0.776. The molecule has 4 nitrogen and oxygen atoms in total. The molecule has 23 heavy (non-hydrogen) atoms. The summed E-state index contributed by atoms with van der Waals surface area (Å²) in [5, 5.41) is 12.9. The summed E-state index contributed by atoms with van der Waals surface area (Å²) >= 11 is 0. The summed E-state index contributed by atoms with van der Waals surface area (Å²) in [6.45, 7) is 5.19. The van der Waals surface area contributed by atoms with Crippen molar-refractivity contribution < 1.29 is 47.3 Å². The van der Waals surface area contributed by atoms with E-state index in [1.54, 1.807) is 24.3 Å². The Balaban J connectivity index is 0.00000264. The first-order valence-electron chi connectivity index (χ1n) is 7.08. The summed E-state index contributed by atoms with van der Waals surface area (Å²) < 4.78 is 5.49. The van der Waals surface area contributed by atoms with Crippen LogP contribution in [0.4, 0.5) is 5.69 Å². The Morgan fingerprint density at radius 2 is 1.87 bits per heavy atom. The number of aliphatic hydroxyl groups is 1. The topological polar surface area (TPSA) is 58.6 Å². The van der Waals surface area contributed by atoms with Gasteiger partial charge in [-0.15, -0.1) is 6.07 Å². The molecular weight excluding hydrogens is 367 g/mol. The van der Waals surface area contributed by atoms with Gasteiger partial charge in [0.15, 0.2) is 5.60 Å². The van der Waals surface area contributed by atoms with Gasteiger partial charge in [0.05, 0.1) is 0 Å². The molecule has 2 aromatic rings. The van der Waals surface area contributed by atoms with Crippen LogP contribution in [0.3, 0.4) is 0 Å². The number of hydrogen-bond acceptors (Lipinski definition) is 3. The number of anilines is 1. The normalized spacial score (nSPS) is 12.7. The van der Waals surface area contributed by atoms with Crippen molar-refractivity contribution in [1.82, 2.24) is 0 Å². The minimum atomic E-state index is -1.63. The summed E-state index contributed by atoms with van der Waals surface area (Å²) in [5.74, 6) is 0.0965. The molecule has 0 aliphatic heterocycles. The molecule has 0 unspecified atom stereocenters. The predicted octanol–water partition coefficient (Wildman–Crippen LogP) is 2.87. The minimum absolute atomic E-state index is 0. The smallest absolute Gasteiger partial charge is 0.248 e. The van der Waals surface area contributed by atoms with Crippen LogP contribution in [0.25, 0.3) is 0 Å². The monoisotopic (exact) mass is 387 g/mol. The maximum atomic E-state index is 12.1. The van der Waals surface area contributed by atoms with Crippen LogP contribution in [0.5, 0.6) is 5.75 Å². The van der Waals surface area contributed by atoms with E-state index in [1.807, 2.05) is 32.0 Å². The molecule has 0 aliphatic rings. The number of nitrogens with one attached hydrogen (secondary N) is 1. The Hall–Kier alpha value is -1.23. The molecule has 2 aromatic carbocycles. The average molecular weight is 387 g/mol. The Bertz CT molecular complexity index is 636. The van der Waals surface area contributed by atoms with E-state index in [0.29, 0.717) is 11.4 Å². The zero-order valence-corrected chi connectivity index (χ0v) is 16.4. The van der Waals surface area contributed by atoms with E-state index in [-0.39, 0.29) is 39.3 Å².